The van der Waals surface area contributed by atoms with Crippen molar-refractivity contribution in [2.75, 3.05) is 0 Å². The van der Waals surface area contributed by atoms with Crippen molar-refractivity contribution in [1.82, 2.24) is 0 Å². The van der Waals surface area contributed by atoms with Gasteiger partial charge in [-0.2, -0.15) is 0 Å². The van der Waals surface area contributed by atoms with E-state index in [0.29, 0.717) is 5.92 Å². The summed E-state index contributed by atoms with van der Waals surface area (Å²) >= 11 is 0. The number of benzene rings is 2. The minimum atomic E-state index is 0. The Labute approximate surface area is 151 Å². The van der Waals surface area contributed by atoms with Gasteiger partial charge in [0.15, 0.2) is 0 Å². The van der Waals surface area contributed by atoms with Crippen molar-refractivity contribution < 1.29 is 0 Å². The fraction of sp³-hybridized carbons (Fsp3) is 0.500. The van der Waals surface area contributed by atoms with Crippen molar-refractivity contribution in [3.05, 3.63) is 71.8 Å². The molecule has 2 aromatic rings. The second-order valence-electron chi connectivity index (χ2n) is 7.11. The van der Waals surface area contributed by atoms with Gasteiger partial charge in [-0.1, -0.05) is 110 Å². The standard InChI is InChI=1S/C12H18.C11H16.CH4/c1-4-12(10(2)3)11-8-6-5-7-9-11;1-9(2)10(3)11-7-5-4-6-8-11;/h5-10,12H,4H2,1-3H3;4-10H,1-3H3;1H4/t12-;10-;/m00./s1. The minimum absolute atomic E-state index is 0. The Bertz CT molecular complexity index is 510. The van der Waals surface area contributed by atoms with Crippen molar-refractivity contribution in [2.45, 2.75) is 67.2 Å². The number of hydrogen-bond donors (Lipinski definition) is 0. The minimum Gasteiger partial charge on any atom is -0.0776 e. The van der Waals surface area contributed by atoms with Crippen LogP contribution in [0.4, 0.5) is 0 Å². The highest BCUT2D eigenvalue weighted by Crippen LogP contribution is 2.26. The summed E-state index contributed by atoms with van der Waals surface area (Å²) in [7, 11) is 0. The fourth-order valence-corrected chi connectivity index (χ4v) is 2.93. The van der Waals surface area contributed by atoms with Crippen LogP contribution in [0.15, 0.2) is 60.7 Å². The fourth-order valence-electron chi connectivity index (χ4n) is 2.93. The third kappa shape index (κ3) is 7.34. The topological polar surface area (TPSA) is 0 Å². The Morgan fingerprint density at radius 3 is 1.38 bits per heavy atom. The Balaban J connectivity index is 0.000000425. The van der Waals surface area contributed by atoms with Gasteiger partial charge in [-0.15, -0.1) is 0 Å². The van der Waals surface area contributed by atoms with E-state index in [1.165, 1.54) is 17.5 Å². The van der Waals surface area contributed by atoms with Gasteiger partial charge < -0.3 is 0 Å². The molecular formula is C24H38. The van der Waals surface area contributed by atoms with Crippen molar-refractivity contribution in [3.8, 4) is 0 Å². The van der Waals surface area contributed by atoms with Crippen LogP contribution in [-0.2, 0) is 0 Å². The van der Waals surface area contributed by atoms with Gasteiger partial charge in [0.2, 0.25) is 0 Å². The van der Waals surface area contributed by atoms with Crippen LogP contribution < -0.4 is 0 Å². The molecular weight excluding hydrogens is 288 g/mol. The maximum atomic E-state index is 2.29. The Morgan fingerprint density at radius 1 is 0.625 bits per heavy atom. The summed E-state index contributed by atoms with van der Waals surface area (Å²) in [5.74, 6) is 2.89. The van der Waals surface area contributed by atoms with Gasteiger partial charge in [-0.05, 0) is 41.2 Å². The molecule has 0 bridgehead atoms. The van der Waals surface area contributed by atoms with Crippen LogP contribution in [0.2, 0.25) is 0 Å². The summed E-state index contributed by atoms with van der Waals surface area (Å²) in [6.07, 6.45) is 1.24. The molecule has 24 heavy (non-hydrogen) atoms. The molecule has 0 saturated heterocycles. The summed E-state index contributed by atoms with van der Waals surface area (Å²) in [6, 6.07) is 21.5. The van der Waals surface area contributed by atoms with Crippen molar-refractivity contribution in [2.24, 2.45) is 11.8 Å². The van der Waals surface area contributed by atoms with E-state index in [0.717, 1.165) is 17.8 Å². The molecule has 0 saturated carbocycles. The molecule has 0 amide bonds. The van der Waals surface area contributed by atoms with Crippen molar-refractivity contribution >= 4 is 0 Å². The predicted molar refractivity (Wildman–Crippen MR) is 111 cm³/mol. The summed E-state index contributed by atoms with van der Waals surface area (Å²) in [5, 5.41) is 0. The largest absolute Gasteiger partial charge is 0.0776 e. The van der Waals surface area contributed by atoms with Crippen LogP contribution in [0, 0.1) is 11.8 Å². The molecule has 0 N–H and O–H groups in total. The molecule has 0 radical (unpaired) electrons. The van der Waals surface area contributed by atoms with E-state index in [1.807, 2.05) is 0 Å². The molecule has 0 aromatic heterocycles. The zero-order valence-corrected chi connectivity index (χ0v) is 15.8. The quantitative estimate of drug-likeness (QED) is 0.523. The van der Waals surface area contributed by atoms with E-state index in [4.69, 9.17) is 0 Å². The van der Waals surface area contributed by atoms with Crippen LogP contribution in [0.5, 0.6) is 0 Å². The first-order valence-corrected chi connectivity index (χ1v) is 9.07. The summed E-state index contributed by atoms with van der Waals surface area (Å²) in [6.45, 7) is 13.6. The summed E-state index contributed by atoms with van der Waals surface area (Å²) in [5.41, 5.74) is 2.93. The van der Waals surface area contributed by atoms with Crippen LogP contribution in [0.1, 0.15) is 78.4 Å². The van der Waals surface area contributed by atoms with E-state index in [1.54, 1.807) is 0 Å². The molecule has 0 heteroatoms. The van der Waals surface area contributed by atoms with E-state index >= 15 is 0 Å². The van der Waals surface area contributed by atoms with Crippen molar-refractivity contribution in [1.29, 1.82) is 0 Å². The monoisotopic (exact) mass is 326 g/mol. The second-order valence-corrected chi connectivity index (χ2v) is 7.11. The molecule has 0 aliphatic rings. The van der Waals surface area contributed by atoms with Gasteiger partial charge in [0.1, 0.15) is 0 Å². The van der Waals surface area contributed by atoms with E-state index < -0.39 is 0 Å². The first-order valence-electron chi connectivity index (χ1n) is 9.07. The maximum Gasteiger partial charge on any atom is -0.0141 e. The van der Waals surface area contributed by atoms with Crippen molar-refractivity contribution in [3.63, 3.8) is 0 Å². The molecule has 0 aliphatic carbocycles. The molecule has 2 aromatic carbocycles. The lowest BCUT2D eigenvalue weighted by molar-refractivity contribution is 0.485. The molecule has 2 rings (SSSR count). The normalized spacial score (nSPS) is 12.8. The van der Waals surface area contributed by atoms with E-state index in [9.17, 15) is 0 Å². The zero-order valence-electron chi connectivity index (χ0n) is 15.8. The maximum absolute atomic E-state index is 2.29. The van der Waals surface area contributed by atoms with Crippen LogP contribution in [0.25, 0.3) is 0 Å². The smallest absolute Gasteiger partial charge is 0.0141 e. The first kappa shape index (κ1) is 22.4. The highest BCUT2D eigenvalue weighted by atomic mass is 14.2. The second kappa shape index (κ2) is 11.9. The Morgan fingerprint density at radius 2 is 1.04 bits per heavy atom. The SMILES string of the molecule is C.CC(C)[C@H](C)c1ccccc1.CC[C@H](c1ccccc1)C(C)C. The lowest BCUT2D eigenvalue weighted by Crippen LogP contribution is -2.04. The van der Waals surface area contributed by atoms with Crippen LogP contribution >= 0.6 is 0 Å². The molecule has 2 atom stereocenters. The van der Waals surface area contributed by atoms with Gasteiger partial charge in [0.05, 0.1) is 0 Å². The van der Waals surface area contributed by atoms with Gasteiger partial charge in [0.25, 0.3) is 0 Å². The molecule has 0 heterocycles. The molecule has 0 aliphatic heterocycles. The molecule has 134 valence electrons. The highest BCUT2D eigenvalue weighted by Gasteiger charge is 2.12. The molecule has 0 unspecified atom stereocenters. The summed E-state index contributed by atoms with van der Waals surface area (Å²) in [4.78, 5) is 0. The molecule has 0 fully saturated rings. The zero-order chi connectivity index (χ0) is 17.2. The average molecular weight is 327 g/mol. The predicted octanol–water partition coefficient (Wildman–Crippen LogP) is 7.92. The van der Waals surface area contributed by atoms with Crippen LogP contribution in [-0.4, -0.2) is 0 Å². The molecule has 0 nitrogen and oxygen atoms in total. The van der Waals surface area contributed by atoms with Gasteiger partial charge in [-0.25, -0.2) is 0 Å². The van der Waals surface area contributed by atoms with Gasteiger partial charge in [0, 0.05) is 0 Å². The van der Waals surface area contributed by atoms with Gasteiger partial charge in [-0.3, -0.25) is 0 Å². The summed E-state index contributed by atoms with van der Waals surface area (Å²) < 4.78 is 0. The Kier molecular flexibility index (Phi) is 11.1. The van der Waals surface area contributed by atoms with E-state index in [2.05, 4.69) is 102 Å². The number of hydrogen-bond acceptors (Lipinski definition) is 0. The first-order chi connectivity index (χ1) is 11.0. The molecule has 0 spiro atoms. The lowest BCUT2D eigenvalue weighted by Gasteiger charge is -2.18. The Hall–Kier alpha value is -1.56. The highest BCUT2D eigenvalue weighted by molar-refractivity contribution is 5.20. The third-order valence-corrected chi connectivity index (χ3v) is 4.80. The number of rotatable bonds is 5. The average Bonchev–Trinajstić information content (AvgIpc) is 2.57. The van der Waals surface area contributed by atoms with Gasteiger partial charge >= 0.3 is 0 Å². The van der Waals surface area contributed by atoms with Crippen LogP contribution in [0.3, 0.4) is 0 Å². The third-order valence-electron chi connectivity index (χ3n) is 4.80. The van der Waals surface area contributed by atoms with E-state index in [-0.39, 0.29) is 7.43 Å². The lowest BCUT2D eigenvalue weighted by atomic mass is 9.86.